The van der Waals surface area contributed by atoms with Gasteiger partial charge in [0.05, 0.1) is 6.61 Å². The van der Waals surface area contributed by atoms with Crippen LogP contribution in [0, 0.1) is 13.8 Å². The van der Waals surface area contributed by atoms with Gasteiger partial charge in [-0.1, -0.05) is 15.9 Å². The van der Waals surface area contributed by atoms with Gasteiger partial charge in [-0.25, -0.2) is 0 Å². The number of nitrogens with one attached hydrogen (secondary N) is 1. The van der Waals surface area contributed by atoms with Crippen molar-refractivity contribution in [3.8, 4) is 0 Å². The molecule has 0 unspecified atom stereocenters. The second-order valence-electron chi connectivity index (χ2n) is 3.58. The molecule has 0 aliphatic heterocycles. The normalized spacial score (nSPS) is 10.0. The van der Waals surface area contributed by atoms with Crippen LogP contribution in [0.15, 0.2) is 16.6 Å². The Bertz CT molecular complexity index is 368. The van der Waals surface area contributed by atoms with E-state index in [1.165, 1.54) is 0 Å². The summed E-state index contributed by atoms with van der Waals surface area (Å²) in [7, 11) is 0. The van der Waals surface area contributed by atoms with Gasteiger partial charge in [0.15, 0.2) is 0 Å². The molecule has 0 atom stereocenters. The van der Waals surface area contributed by atoms with E-state index in [4.69, 9.17) is 4.74 Å². The monoisotopic (exact) mass is 285 g/mol. The van der Waals surface area contributed by atoms with E-state index >= 15 is 0 Å². The Morgan fingerprint density at radius 3 is 2.44 bits per heavy atom. The van der Waals surface area contributed by atoms with Crippen LogP contribution < -0.4 is 5.32 Å². The van der Waals surface area contributed by atoms with Crippen molar-refractivity contribution < 1.29 is 9.53 Å². The van der Waals surface area contributed by atoms with Crippen LogP contribution in [0.3, 0.4) is 0 Å². The summed E-state index contributed by atoms with van der Waals surface area (Å²) in [6.45, 7) is 6.46. The maximum absolute atomic E-state index is 11.2. The first-order valence-corrected chi connectivity index (χ1v) is 6.00. The molecule has 0 amide bonds. The topological polar surface area (TPSA) is 38.3 Å². The summed E-state index contributed by atoms with van der Waals surface area (Å²) >= 11 is 3.50. The highest BCUT2D eigenvalue weighted by Gasteiger charge is 2.04. The number of hydrogen-bond acceptors (Lipinski definition) is 3. The lowest BCUT2D eigenvalue weighted by Crippen LogP contribution is -2.16. The largest absolute Gasteiger partial charge is 0.465 e. The molecule has 0 bridgehead atoms. The molecule has 0 aliphatic rings. The maximum atomic E-state index is 11.2. The summed E-state index contributed by atoms with van der Waals surface area (Å²) < 4.78 is 5.94. The second kappa shape index (κ2) is 5.89. The molecule has 0 saturated heterocycles. The molecule has 0 aliphatic carbocycles. The fraction of sp³-hybridized carbons (Fsp3) is 0.417. The zero-order chi connectivity index (χ0) is 12.1. The molecule has 0 saturated carbocycles. The molecule has 0 heterocycles. The maximum Gasteiger partial charge on any atom is 0.325 e. The van der Waals surface area contributed by atoms with Crippen LogP contribution in [-0.2, 0) is 9.53 Å². The van der Waals surface area contributed by atoms with Crippen LogP contribution in [-0.4, -0.2) is 19.1 Å². The van der Waals surface area contributed by atoms with Crippen LogP contribution in [0.4, 0.5) is 5.69 Å². The molecule has 16 heavy (non-hydrogen) atoms. The molecular formula is C12H16BrNO2. The van der Waals surface area contributed by atoms with E-state index < -0.39 is 0 Å². The average molecular weight is 286 g/mol. The third kappa shape index (κ3) is 3.52. The van der Waals surface area contributed by atoms with E-state index in [0.717, 1.165) is 21.3 Å². The summed E-state index contributed by atoms with van der Waals surface area (Å²) in [5.41, 5.74) is 3.23. The fourth-order valence-electron chi connectivity index (χ4n) is 1.43. The Morgan fingerprint density at radius 2 is 1.94 bits per heavy atom. The smallest absolute Gasteiger partial charge is 0.325 e. The van der Waals surface area contributed by atoms with E-state index in [-0.39, 0.29) is 12.5 Å². The first kappa shape index (κ1) is 13.0. The van der Waals surface area contributed by atoms with Crippen LogP contribution in [0.25, 0.3) is 0 Å². The number of carbonyl (C=O) groups excluding carboxylic acids is 1. The van der Waals surface area contributed by atoms with Crippen LogP contribution in [0.5, 0.6) is 0 Å². The summed E-state index contributed by atoms with van der Waals surface area (Å²) in [6.07, 6.45) is 0. The van der Waals surface area contributed by atoms with Gasteiger partial charge in [0.1, 0.15) is 6.54 Å². The zero-order valence-electron chi connectivity index (χ0n) is 9.76. The summed E-state index contributed by atoms with van der Waals surface area (Å²) in [4.78, 5) is 11.2. The van der Waals surface area contributed by atoms with Crippen molar-refractivity contribution in [3.05, 3.63) is 27.7 Å². The van der Waals surface area contributed by atoms with Crippen molar-refractivity contribution in [2.75, 3.05) is 18.5 Å². The molecule has 4 heteroatoms. The predicted octanol–water partition coefficient (Wildman–Crippen LogP) is 3.04. The fourth-order valence-corrected chi connectivity index (χ4v) is 1.66. The van der Waals surface area contributed by atoms with Crippen molar-refractivity contribution in [1.82, 2.24) is 0 Å². The molecule has 0 spiro atoms. The number of aryl methyl sites for hydroxylation is 2. The van der Waals surface area contributed by atoms with Crippen molar-refractivity contribution in [3.63, 3.8) is 0 Å². The van der Waals surface area contributed by atoms with Gasteiger partial charge >= 0.3 is 5.97 Å². The number of esters is 1. The molecule has 1 aromatic carbocycles. The van der Waals surface area contributed by atoms with Crippen molar-refractivity contribution in [1.29, 1.82) is 0 Å². The van der Waals surface area contributed by atoms with Crippen LogP contribution >= 0.6 is 15.9 Å². The van der Waals surface area contributed by atoms with Gasteiger partial charge in [-0.15, -0.1) is 0 Å². The quantitative estimate of drug-likeness (QED) is 0.865. The first-order valence-electron chi connectivity index (χ1n) is 5.20. The van der Waals surface area contributed by atoms with Gasteiger partial charge < -0.3 is 10.1 Å². The number of hydrogen-bond donors (Lipinski definition) is 1. The Hall–Kier alpha value is -1.03. The Balaban J connectivity index is 2.65. The van der Waals surface area contributed by atoms with Crippen LogP contribution in [0.1, 0.15) is 18.1 Å². The second-order valence-corrected chi connectivity index (χ2v) is 4.38. The third-order valence-electron chi connectivity index (χ3n) is 2.18. The lowest BCUT2D eigenvalue weighted by Gasteiger charge is -2.10. The Kier molecular flexibility index (Phi) is 4.80. The number of benzene rings is 1. The van der Waals surface area contributed by atoms with E-state index in [1.807, 2.05) is 26.0 Å². The molecule has 0 aromatic heterocycles. The van der Waals surface area contributed by atoms with Gasteiger partial charge in [-0.3, -0.25) is 4.79 Å². The first-order chi connectivity index (χ1) is 7.54. The van der Waals surface area contributed by atoms with Gasteiger partial charge in [0, 0.05) is 10.2 Å². The number of halogens is 1. The summed E-state index contributed by atoms with van der Waals surface area (Å²) in [5, 5.41) is 3.04. The van der Waals surface area contributed by atoms with E-state index in [1.54, 1.807) is 6.92 Å². The van der Waals surface area contributed by atoms with Crippen molar-refractivity contribution in [2.24, 2.45) is 0 Å². The predicted molar refractivity (Wildman–Crippen MR) is 68.7 cm³/mol. The lowest BCUT2D eigenvalue weighted by molar-refractivity contribution is -0.140. The SMILES string of the molecule is CCOC(=O)CNc1cc(C)c(Br)c(C)c1. The van der Waals surface area contributed by atoms with Gasteiger partial charge in [-0.05, 0) is 44.0 Å². The van der Waals surface area contributed by atoms with Crippen LogP contribution in [0.2, 0.25) is 0 Å². The highest BCUT2D eigenvalue weighted by atomic mass is 79.9. The van der Waals surface area contributed by atoms with Crippen molar-refractivity contribution in [2.45, 2.75) is 20.8 Å². The van der Waals surface area contributed by atoms with E-state index in [9.17, 15) is 4.79 Å². The highest BCUT2D eigenvalue weighted by Crippen LogP contribution is 2.24. The number of rotatable bonds is 4. The molecule has 3 nitrogen and oxygen atoms in total. The molecule has 0 radical (unpaired) electrons. The number of carbonyl (C=O) groups is 1. The average Bonchev–Trinajstić information content (AvgIpc) is 2.23. The number of anilines is 1. The molecule has 1 rings (SSSR count). The van der Waals surface area contributed by atoms with Crippen molar-refractivity contribution >= 4 is 27.6 Å². The Morgan fingerprint density at radius 1 is 1.38 bits per heavy atom. The van der Waals surface area contributed by atoms with E-state index in [2.05, 4.69) is 21.2 Å². The zero-order valence-corrected chi connectivity index (χ0v) is 11.3. The molecule has 1 N–H and O–H groups in total. The molecule has 1 aromatic rings. The highest BCUT2D eigenvalue weighted by molar-refractivity contribution is 9.10. The van der Waals surface area contributed by atoms with E-state index in [0.29, 0.717) is 6.61 Å². The molecule has 88 valence electrons. The molecular weight excluding hydrogens is 270 g/mol. The summed E-state index contributed by atoms with van der Waals surface area (Å²) in [6, 6.07) is 3.99. The number of ether oxygens (including phenoxy) is 1. The van der Waals surface area contributed by atoms with Gasteiger partial charge in [0.2, 0.25) is 0 Å². The third-order valence-corrected chi connectivity index (χ3v) is 3.43. The minimum atomic E-state index is -0.235. The minimum absolute atomic E-state index is 0.203. The summed E-state index contributed by atoms with van der Waals surface area (Å²) in [5.74, 6) is -0.235. The molecule has 0 fully saturated rings. The lowest BCUT2D eigenvalue weighted by atomic mass is 10.1. The van der Waals surface area contributed by atoms with Gasteiger partial charge in [0.25, 0.3) is 0 Å². The Labute approximate surface area is 104 Å². The van der Waals surface area contributed by atoms with Gasteiger partial charge in [-0.2, -0.15) is 0 Å². The minimum Gasteiger partial charge on any atom is -0.465 e. The standard InChI is InChI=1S/C12H16BrNO2/c1-4-16-11(15)7-14-10-5-8(2)12(13)9(3)6-10/h5-6,14H,4,7H2,1-3H3.